The summed E-state index contributed by atoms with van der Waals surface area (Å²) in [6.45, 7) is 2.40. The Morgan fingerprint density at radius 2 is 1.80 bits per heavy atom. The third-order valence-corrected chi connectivity index (χ3v) is 5.25. The first-order valence-corrected chi connectivity index (χ1v) is 10.1. The molecule has 4 rings (SSSR count). The molecule has 7 heteroatoms. The zero-order valence-corrected chi connectivity index (χ0v) is 16.6. The Balaban J connectivity index is 1.21. The highest BCUT2D eigenvalue weighted by Gasteiger charge is 2.16. The van der Waals surface area contributed by atoms with Gasteiger partial charge in [0.15, 0.2) is 5.82 Å². The Labute approximate surface area is 175 Å². The Bertz CT molecular complexity index is 1000. The van der Waals surface area contributed by atoms with Crippen molar-refractivity contribution >= 4 is 23.3 Å². The van der Waals surface area contributed by atoms with Crippen LogP contribution in [0.2, 0.25) is 0 Å². The van der Waals surface area contributed by atoms with Gasteiger partial charge in [0, 0.05) is 31.4 Å². The second-order valence-electron chi connectivity index (χ2n) is 7.30. The number of benzene rings is 2. The van der Waals surface area contributed by atoms with Crippen LogP contribution in [0.5, 0.6) is 0 Å². The highest BCUT2D eigenvalue weighted by atomic mass is 16.5. The molecule has 0 saturated heterocycles. The van der Waals surface area contributed by atoms with E-state index in [1.54, 1.807) is 0 Å². The maximum absolute atomic E-state index is 11.8. The standard InChI is InChI=1S/C23H24N4O3/c28-22(23(29)25-21-12-15-30-26-21)24-13-3-4-17-7-9-20(10-8-17)27-14-11-18-5-1-2-6-19(18)16-27/h1-2,5-10,12,15H,3-4,11,13-14,16H2,(H,24,28)(H,25,26,29). The van der Waals surface area contributed by atoms with E-state index in [4.69, 9.17) is 0 Å². The van der Waals surface area contributed by atoms with E-state index >= 15 is 0 Å². The number of hydrogen-bond acceptors (Lipinski definition) is 5. The summed E-state index contributed by atoms with van der Waals surface area (Å²) in [5.41, 5.74) is 5.28. The zero-order chi connectivity index (χ0) is 20.8. The minimum Gasteiger partial charge on any atom is -0.367 e. The molecule has 0 bridgehead atoms. The van der Waals surface area contributed by atoms with Crippen molar-refractivity contribution in [3.63, 3.8) is 0 Å². The molecule has 0 aliphatic carbocycles. The number of aryl methyl sites for hydroxylation is 1. The van der Waals surface area contributed by atoms with Crippen LogP contribution in [0.1, 0.15) is 23.1 Å². The Morgan fingerprint density at radius 1 is 1.00 bits per heavy atom. The first kappa shape index (κ1) is 19.7. The molecule has 30 heavy (non-hydrogen) atoms. The van der Waals surface area contributed by atoms with Gasteiger partial charge in [-0.3, -0.25) is 14.9 Å². The molecule has 154 valence electrons. The highest BCUT2D eigenvalue weighted by molar-refractivity contribution is 6.39. The fourth-order valence-corrected chi connectivity index (χ4v) is 3.61. The van der Waals surface area contributed by atoms with Crippen LogP contribution in [0.15, 0.2) is 65.4 Å². The number of hydrogen-bond donors (Lipinski definition) is 2. The van der Waals surface area contributed by atoms with Crippen LogP contribution >= 0.6 is 0 Å². The lowest BCUT2D eigenvalue weighted by molar-refractivity contribution is -0.136. The van der Waals surface area contributed by atoms with Gasteiger partial charge in [0.1, 0.15) is 6.26 Å². The van der Waals surface area contributed by atoms with Gasteiger partial charge in [-0.1, -0.05) is 41.6 Å². The average Bonchev–Trinajstić information content (AvgIpc) is 3.29. The Kier molecular flexibility index (Phi) is 6.08. The predicted octanol–water partition coefficient (Wildman–Crippen LogP) is 2.92. The van der Waals surface area contributed by atoms with Gasteiger partial charge in [-0.2, -0.15) is 0 Å². The lowest BCUT2D eigenvalue weighted by Gasteiger charge is -2.30. The van der Waals surface area contributed by atoms with Gasteiger partial charge in [-0.25, -0.2) is 0 Å². The second-order valence-corrected chi connectivity index (χ2v) is 7.30. The number of amides is 2. The molecule has 2 amide bonds. The molecule has 1 aromatic heterocycles. The van der Waals surface area contributed by atoms with Crippen LogP contribution < -0.4 is 15.5 Å². The van der Waals surface area contributed by atoms with Crippen molar-refractivity contribution in [3.8, 4) is 0 Å². The SMILES string of the molecule is O=C(NCCCc1ccc(N2CCc3ccccc3C2)cc1)C(=O)Nc1ccon1. The van der Waals surface area contributed by atoms with Crippen LogP contribution in [0.25, 0.3) is 0 Å². The van der Waals surface area contributed by atoms with E-state index in [2.05, 4.69) is 73.7 Å². The van der Waals surface area contributed by atoms with E-state index in [1.165, 1.54) is 34.7 Å². The molecular formula is C23H24N4O3. The summed E-state index contributed by atoms with van der Waals surface area (Å²) in [6, 6.07) is 18.7. The van der Waals surface area contributed by atoms with Gasteiger partial charge >= 0.3 is 11.8 Å². The van der Waals surface area contributed by atoms with E-state index in [-0.39, 0.29) is 5.82 Å². The van der Waals surface area contributed by atoms with Gasteiger partial charge in [0.25, 0.3) is 0 Å². The van der Waals surface area contributed by atoms with Crippen molar-refractivity contribution in [1.29, 1.82) is 0 Å². The minimum absolute atomic E-state index is 0.215. The average molecular weight is 404 g/mol. The summed E-state index contributed by atoms with van der Waals surface area (Å²) in [5.74, 6) is -1.22. The predicted molar refractivity (Wildman–Crippen MR) is 114 cm³/mol. The quantitative estimate of drug-likeness (QED) is 0.487. The highest BCUT2D eigenvalue weighted by Crippen LogP contribution is 2.24. The van der Waals surface area contributed by atoms with E-state index < -0.39 is 11.8 Å². The zero-order valence-electron chi connectivity index (χ0n) is 16.6. The summed E-state index contributed by atoms with van der Waals surface area (Å²) in [4.78, 5) is 25.9. The first-order chi connectivity index (χ1) is 14.7. The molecule has 2 aromatic carbocycles. The first-order valence-electron chi connectivity index (χ1n) is 10.1. The van der Waals surface area contributed by atoms with Gasteiger partial charge < -0.3 is 14.7 Å². The van der Waals surface area contributed by atoms with E-state index in [0.717, 1.165) is 32.4 Å². The number of anilines is 2. The van der Waals surface area contributed by atoms with Crippen molar-refractivity contribution in [2.45, 2.75) is 25.8 Å². The number of nitrogens with zero attached hydrogens (tertiary/aromatic N) is 2. The van der Waals surface area contributed by atoms with E-state index in [9.17, 15) is 9.59 Å². The number of fused-ring (bicyclic) bond motifs is 1. The number of carbonyl (C=O) groups excluding carboxylic acids is 2. The normalized spacial score (nSPS) is 12.9. The van der Waals surface area contributed by atoms with Crippen LogP contribution in [0.3, 0.4) is 0 Å². The van der Waals surface area contributed by atoms with E-state index in [0.29, 0.717) is 6.54 Å². The maximum atomic E-state index is 11.8. The minimum atomic E-state index is -0.753. The lowest BCUT2D eigenvalue weighted by Crippen LogP contribution is -2.36. The molecule has 2 heterocycles. The third kappa shape index (κ3) is 4.86. The molecule has 7 nitrogen and oxygen atoms in total. The third-order valence-electron chi connectivity index (χ3n) is 5.25. The van der Waals surface area contributed by atoms with Gasteiger partial charge in [0.2, 0.25) is 0 Å². The number of aromatic nitrogens is 1. The Hall–Kier alpha value is -3.61. The van der Waals surface area contributed by atoms with Crippen LogP contribution in [-0.4, -0.2) is 30.1 Å². The summed E-state index contributed by atoms with van der Waals surface area (Å²) in [6.07, 6.45) is 3.97. The van der Waals surface area contributed by atoms with Gasteiger partial charge in [-0.05, 0) is 48.1 Å². The summed E-state index contributed by atoms with van der Waals surface area (Å²) in [5, 5.41) is 8.52. The van der Waals surface area contributed by atoms with Crippen molar-refractivity contribution in [3.05, 3.63) is 77.6 Å². The molecular weight excluding hydrogens is 380 g/mol. The maximum Gasteiger partial charge on any atom is 0.314 e. The summed E-state index contributed by atoms with van der Waals surface area (Å²) >= 11 is 0. The fourth-order valence-electron chi connectivity index (χ4n) is 3.61. The van der Waals surface area contributed by atoms with Crippen molar-refractivity contribution in [1.82, 2.24) is 10.5 Å². The topological polar surface area (TPSA) is 87.5 Å². The number of nitrogens with one attached hydrogen (secondary N) is 2. The fraction of sp³-hybridized carbons (Fsp3) is 0.261. The van der Waals surface area contributed by atoms with Crippen LogP contribution in [-0.2, 0) is 29.0 Å². The molecule has 0 unspecified atom stereocenters. The molecule has 3 aromatic rings. The smallest absolute Gasteiger partial charge is 0.314 e. The molecule has 0 spiro atoms. The molecule has 0 radical (unpaired) electrons. The molecule has 1 aliphatic rings. The van der Waals surface area contributed by atoms with Gasteiger partial charge in [-0.15, -0.1) is 0 Å². The molecule has 1 aliphatic heterocycles. The molecule has 2 N–H and O–H groups in total. The molecule has 0 atom stereocenters. The van der Waals surface area contributed by atoms with E-state index in [1.807, 2.05) is 0 Å². The van der Waals surface area contributed by atoms with Crippen molar-refractivity contribution in [2.75, 3.05) is 23.3 Å². The molecule has 0 saturated carbocycles. The summed E-state index contributed by atoms with van der Waals surface area (Å²) in [7, 11) is 0. The van der Waals surface area contributed by atoms with Crippen molar-refractivity contribution < 1.29 is 14.1 Å². The number of rotatable bonds is 6. The largest absolute Gasteiger partial charge is 0.367 e. The summed E-state index contributed by atoms with van der Waals surface area (Å²) < 4.78 is 4.61. The monoisotopic (exact) mass is 404 g/mol. The second kappa shape index (κ2) is 9.26. The van der Waals surface area contributed by atoms with Crippen LogP contribution in [0, 0.1) is 0 Å². The Morgan fingerprint density at radius 3 is 2.57 bits per heavy atom. The lowest BCUT2D eigenvalue weighted by atomic mass is 9.99. The van der Waals surface area contributed by atoms with Crippen LogP contribution in [0.4, 0.5) is 11.5 Å². The number of carbonyl (C=O) groups is 2. The molecule has 0 fully saturated rings. The van der Waals surface area contributed by atoms with Gasteiger partial charge in [0.05, 0.1) is 0 Å². The van der Waals surface area contributed by atoms with Crippen molar-refractivity contribution in [2.24, 2.45) is 0 Å².